The molecule has 0 aliphatic heterocycles. The van der Waals surface area contributed by atoms with E-state index in [0.29, 0.717) is 17.1 Å². The molecule has 0 saturated heterocycles. The summed E-state index contributed by atoms with van der Waals surface area (Å²) in [5, 5.41) is 8.46. The van der Waals surface area contributed by atoms with Crippen LogP contribution in [0.2, 0.25) is 0 Å². The Labute approximate surface area is 209 Å². The van der Waals surface area contributed by atoms with E-state index >= 15 is 0 Å². The van der Waals surface area contributed by atoms with Gasteiger partial charge in [-0.15, -0.1) is 6.58 Å². The van der Waals surface area contributed by atoms with Crippen LogP contribution < -0.4 is 14.2 Å². The first-order valence-corrected chi connectivity index (χ1v) is 10.7. The molecular weight excluding hydrogens is 464 g/mol. The molecule has 1 atom stereocenters. The summed E-state index contributed by atoms with van der Waals surface area (Å²) in [5.74, 6) is 0.0888. The highest BCUT2D eigenvalue weighted by Gasteiger charge is 2.26. The van der Waals surface area contributed by atoms with Crippen molar-refractivity contribution >= 4 is 23.6 Å². The Morgan fingerprint density at radius 2 is 1.53 bits per heavy atom. The molecule has 0 fully saturated rings. The number of ether oxygens (including phenoxy) is 4. The van der Waals surface area contributed by atoms with Crippen molar-refractivity contribution in [2.75, 3.05) is 28.4 Å². The van der Waals surface area contributed by atoms with Crippen molar-refractivity contribution in [2.45, 2.75) is 5.92 Å². The van der Waals surface area contributed by atoms with Crippen molar-refractivity contribution in [1.82, 2.24) is 0 Å². The molecule has 0 aromatic heterocycles. The summed E-state index contributed by atoms with van der Waals surface area (Å²) in [6.45, 7) is 3.77. The third-order valence-electron chi connectivity index (χ3n) is 5.17. The molecule has 0 bridgehead atoms. The first kappa shape index (κ1) is 27.7. The zero-order valence-corrected chi connectivity index (χ0v) is 20.5. The van der Waals surface area contributed by atoms with Crippen LogP contribution in [0.3, 0.4) is 0 Å². The van der Waals surface area contributed by atoms with Crippen molar-refractivity contribution in [3.63, 3.8) is 0 Å². The standard InChI is InChI=1S/C17H16O4.C11H12O4/c1-4-13(11-5-7-12(20-2)8-6-11)14-9-16(19)17(21-3)10-15(14)18;1-14-9-5-3-8(4-6-11(12)13)7-10(9)15-2/h4-10,13H,1H2,2-3H3;3-7H,1-2H3,(H,12,13). The number of carboxylic acids is 1. The van der Waals surface area contributed by atoms with Gasteiger partial charge in [-0.05, 0) is 47.5 Å². The number of benzene rings is 2. The van der Waals surface area contributed by atoms with Crippen LogP contribution in [0.25, 0.3) is 6.08 Å². The van der Waals surface area contributed by atoms with Crippen LogP contribution in [0.4, 0.5) is 0 Å². The summed E-state index contributed by atoms with van der Waals surface area (Å²) in [6, 6.07) is 12.5. The summed E-state index contributed by atoms with van der Waals surface area (Å²) >= 11 is 0. The highest BCUT2D eigenvalue weighted by molar-refractivity contribution is 6.19. The molecule has 1 aliphatic rings. The Bertz CT molecular complexity index is 1200. The van der Waals surface area contributed by atoms with Crippen LogP contribution in [-0.2, 0) is 19.1 Å². The molecule has 2 aromatic rings. The molecule has 0 amide bonds. The molecule has 1 unspecified atom stereocenters. The Kier molecular flexibility index (Phi) is 10.2. The van der Waals surface area contributed by atoms with Gasteiger partial charge < -0.3 is 24.1 Å². The predicted octanol–water partition coefficient (Wildman–Crippen LogP) is 4.37. The minimum atomic E-state index is -0.982. The smallest absolute Gasteiger partial charge is 0.328 e. The zero-order valence-electron chi connectivity index (χ0n) is 20.5. The minimum absolute atomic E-state index is 0.0568. The number of allylic oxidation sites excluding steroid dienone is 4. The number of hydrogen-bond donors (Lipinski definition) is 1. The van der Waals surface area contributed by atoms with Crippen molar-refractivity contribution in [3.8, 4) is 17.2 Å². The molecular formula is C28H28O8. The molecule has 1 aliphatic carbocycles. The molecule has 0 spiro atoms. The summed E-state index contributed by atoms with van der Waals surface area (Å²) in [6.07, 6.45) is 6.74. The molecule has 188 valence electrons. The lowest BCUT2D eigenvalue weighted by molar-refractivity contribution is -0.131. The largest absolute Gasteiger partial charge is 0.497 e. The predicted molar refractivity (Wildman–Crippen MR) is 135 cm³/mol. The maximum Gasteiger partial charge on any atom is 0.328 e. The Hall–Kier alpha value is -4.59. The molecule has 0 saturated carbocycles. The first-order valence-electron chi connectivity index (χ1n) is 10.7. The lowest BCUT2D eigenvalue weighted by Gasteiger charge is -2.18. The molecule has 8 nitrogen and oxygen atoms in total. The van der Waals surface area contributed by atoms with E-state index in [4.69, 9.17) is 24.1 Å². The van der Waals surface area contributed by atoms with E-state index in [1.54, 1.807) is 50.6 Å². The fourth-order valence-corrected chi connectivity index (χ4v) is 3.34. The number of carbonyl (C=O) groups is 3. The van der Waals surface area contributed by atoms with Crippen LogP contribution in [0, 0.1) is 0 Å². The van der Waals surface area contributed by atoms with Gasteiger partial charge in [0.2, 0.25) is 5.78 Å². The third-order valence-corrected chi connectivity index (χ3v) is 5.17. The number of aliphatic carboxylic acids is 1. The van der Waals surface area contributed by atoms with Crippen LogP contribution >= 0.6 is 0 Å². The highest BCUT2D eigenvalue weighted by Crippen LogP contribution is 2.30. The monoisotopic (exact) mass is 492 g/mol. The van der Waals surface area contributed by atoms with Crippen molar-refractivity contribution in [1.29, 1.82) is 0 Å². The van der Waals surface area contributed by atoms with Crippen LogP contribution in [-0.4, -0.2) is 51.1 Å². The Morgan fingerprint density at radius 1 is 0.861 bits per heavy atom. The van der Waals surface area contributed by atoms with Crippen molar-refractivity contribution in [2.24, 2.45) is 0 Å². The van der Waals surface area contributed by atoms with Gasteiger partial charge in [-0.1, -0.05) is 24.3 Å². The Balaban J connectivity index is 0.000000269. The van der Waals surface area contributed by atoms with E-state index in [0.717, 1.165) is 23.0 Å². The fourth-order valence-electron chi connectivity index (χ4n) is 3.34. The van der Waals surface area contributed by atoms with E-state index < -0.39 is 5.97 Å². The molecule has 3 rings (SSSR count). The normalized spacial score (nSPS) is 13.6. The zero-order chi connectivity index (χ0) is 26.7. The summed E-state index contributed by atoms with van der Waals surface area (Å²) in [7, 11) is 6.03. The second kappa shape index (κ2) is 13.3. The van der Waals surface area contributed by atoms with Crippen LogP contribution in [0.5, 0.6) is 17.2 Å². The number of hydrogen-bond acceptors (Lipinski definition) is 7. The topological polar surface area (TPSA) is 108 Å². The maximum absolute atomic E-state index is 12.2. The average Bonchev–Trinajstić information content (AvgIpc) is 2.90. The molecule has 2 aromatic carbocycles. The first-order chi connectivity index (χ1) is 17.3. The molecule has 8 heteroatoms. The number of ketones is 2. The maximum atomic E-state index is 12.2. The van der Waals surface area contributed by atoms with Gasteiger partial charge in [0.15, 0.2) is 23.0 Å². The number of methoxy groups -OCH3 is 4. The number of carbonyl (C=O) groups excluding carboxylic acids is 2. The lowest BCUT2D eigenvalue weighted by Crippen LogP contribution is -2.18. The second-order valence-corrected chi connectivity index (χ2v) is 7.31. The summed E-state index contributed by atoms with van der Waals surface area (Å²) in [4.78, 5) is 34.3. The number of rotatable bonds is 9. The van der Waals surface area contributed by atoms with E-state index in [2.05, 4.69) is 6.58 Å². The molecule has 0 radical (unpaired) electrons. The van der Waals surface area contributed by atoms with Gasteiger partial charge in [0.25, 0.3) is 0 Å². The van der Waals surface area contributed by atoms with Crippen molar-refractivity contribution in [3.05, 3.63) is 95.8 Å². The van der Waals surface area contributed by atoms with Gasteiger partial charge >= 0.3 is 5.97 Å². The van der Waals surface area contributed by atoms with Gasteiger partial charge in [-0.25, -0.2) is 4.79 Å². The molecule has 0 heterocycles. The van der Waals surface area contributed by atoms with Gasteiger partial charge in [0, 0.05) is 23.6 Å². The van der Waals surface area contributed by atoms with Crippen LogP contribution in [0.15, 0.2) is 84.7 Å². The third kappa shape index (κ3) is 7.20. The van der Waals surface area contributed by atoms with Gasteiger partial charge in [-0.2, -0.15) is 0 Å². The van der Waals surface area contributed by atoms with Gasteiger partial charge in [-0.3, -0.25) is 9.59 Å². The van der Waals surface area contributed by atoms with Gasteiger partial charge in [0.05, 0.1) is 28.4 Å². The molecule has 36 heavy (non-hydrogen) atoms. The van der Waals surface area contributed by atoms with Gasteiger partial charge in [0.1, 0.15) is 5.75 Å². The average molecular weight is 493 g/mol. The van der Waals surface area contributed by atoms with E-state index in [1.807, 2.05) is 12.1 Å². The Morgan fingerprint density at radius 3 is 2.06 bits per heavy atom. The quantitative estimate of drug-likeness (QED) is 0.312. The van der Waals surface area contributed by atoms with Crippen LogP contribution in [0.1, 0.15) is 17.0 Å². The summed E-state index contributed by atoms with van der Waals surface area (Å²) < 4.78 is 20.1. The number of carboxylic acid groups (broad SMARTS) is 1. The highest BCUT2D eigenvalue weighted by atomic mass is 16.5. The second-order valence-electron chi connectivity index (χ2n) is 7.31. The van der Waals surface area contributed by atoms with E-state index in [-0.39, 0.29) is 23.2 Å². The summed E-state index contributed by atoms with van der Waals surface area (Å²) in [5.41, 5.74) is 2.00. The minimum Gasteiger partial charge on any atom is -0.497 e. The van der Waals surface area contributed by atoms with E-state index in [1.165, 1.54) is 32.4 Å². The van der Waals surface area contributed by atoms with E-state index in [9.17, 15) is 14.4 Å². The lowest BCUT2D eigenvalue weighted by atomic mass is 9.85. The van der Waals surface area contributed by atoms with Crippen molar-refractivity contribution < 1.29 is 38.4 Å². The SMILES string of the molecule is C=CC(C1=CC(=O)C(OC)=CC1=O)c1ccc(OC)cc1.COc1ccc(C=CC(=O)O)cc1OC. The fraction of sp³-hybridized carbons (Fsp3) is 0.179. The molecule has 1 N–H and O–H groups in total.